The number of fused-ring (bicyclic) bond motifs is 2. The van der Waals surface area contributed by atoms with Crippen molar-refractivity contribution >= 4 is 5.91 Å². The van der Waals surface area contributed by atoms with Crippen molar-refractivity contribution in [1.82, 2.24) is 14.8 Å². The van der Waals surface area contributed by atoms with E-state index in [-0.39, 0.29) is 24.0 Å². The Labute approximate surface area is 206 Å². The van der Waals surface area contributed by atoms with Crippen molar-refractivity contribution < 1.29 is 22.7 Å². The van der Waals surface area contributed by atoms with Gasteiger partial charge in [-0.15, -0.1) is 0 Å². The molecule has 0 bridgehead atoms. The molecule has 1 aromatic rings. The number of pyridine rings is 1. The quantitative estimate of drug-likeness (QED) is 0.565. The molecule has 8 heteroatoms. The second kappa shape index (κ2) is 9.66. The Bertz CT molecular complexity index is 939. The predicted octanol–water partition coefficient (Wildman–Crippen LogP) is 5.21. The van der Waals surface area contributed by atoms with Crippen LogP contribution in [0.25, 0.3) is 0 Å². The highest BCUT2D eigenvalue weighted by Gasteiger charge is 2.58. The van der Waals surface area contributed by atoms with E-state index in [1.54, 1.807) is 0 Å². The summed E-state index contributed by atoms with van der Waals surface area (Å²) in [6, 6.07) is 1.98. The van der Waals surface area contributed by atoms with Crippen LogP contribution in [0.5, 0.6) is 0 Å². The summed E-state index contributed by atoms with van der Waals surface area (Å²) in [7, 11) is 0. The van der Waals surface area contributed by atoms with Gasteiger partial charge >= 0.3 is 6.18 Å². The van der Waals surface area contributed by atoms with Gasteiger partial charge in [-0.2, -0.15) is 13.2 Å². The van der Waals surface area contributed by atoms with Crippen molar-refractivity contribution in [1.29, 1.82) is 0 Å². The lowest BCUT2D eigenvalue weighted by atomic mass is 9.78. The van der Waals surface area contributed by atoms with E-state index < -0.39 is 11.7 Å². The Morgan fingerprint density at radius 2 is 2.11 bits per heavy atom. The van der Waals surface area contributed by atoms with Crippen molar-refractivity contribution in [3.63, 3.8) is 0 Å². The summed E-state index contributed by atoms with van der Waals surface area (Å²) in [5, 5.41) is 0. The van der Waals surface area contributed by atoms with Gasteiger partial charge in [-0.05, 0) is 56.1 Å². The lowest BCUT2D eigenvalue weighted by Crippen LogP contribution is -2.55. The largest absolute Gasteiger partial charge is 0.417 e. The fourth-order valence-corrected chi connectivity index (χ4v) is 7.57. The minimum Gasteiger partial charge on any atom is -0.375 e. The lowest BCUT2D eigenvalue weighted by Gasteiger charge is -2.45. The van der Waals surface area contributed by atoms with Crippen LogP contribution in [0.15, 0.2) is 12.3 Å². The molecule has 0 N–H and O–H groups in total. The minimum absolute atomic E-state index is 0.165. The number of morpholine rings is 1. The number of alkyl halides is 3. The average molecular weight is 494 g/mol. The van der Waals surface area contributed by atoms with E-state index in [1.165, 1.54) is 6.07 Å². The third kappa shape index (κ3) is 4.50. The topological polar surface area (TPSA) is 45.7 Å². The van der Waals surface area contributed by atoms with Gasteiger partial charge in [0.05, 0.1) is 23.7 Å². The smallest absolute Gasteiger partial charge is 0.375 e. The summed E-state index contributed by atoms with van der Waals surface area (Å²) in [6.45, 7) is 6.86. The first-order chi connectivity index (χ1) is 16.8. The molecule has 5 nitrogen and oxygen atoms in total. The highest BCUT2D eigenvalue weighted by molar-refractivity contribution is 5.84. The van der Waals surface area contributed by atoms with Crippen LogP contribution < -0.4 is 0 Å². The standard InChI is InChI=1S/C27H38F3N3O2/c1-3-6-23-24(4-2)35-12-11-33(23)21-14-19-7-5-9-26(19,15-21)25(34)32-10-8-22-18(17-32)13-20(16-31-22)27(28,29)30/h13,16,19,21,23-24H,3-12,14-15,17H2,1-2H3/t19-,21+,23+,24+,26-/m1/s1. The van der Waals surface area contributed by atoms with Gasteiger partial charge in [0.2, 0.25) is 5.91 Å². The number of halogens is 3. The van der Waals surface area contributed by atoms with Gasteiger partial charge in [-0.3, -0.25) is 14.7 Å². The zero-order valence-corrected chi connectivity index (χ0v) is 20.9. The van der Waals surface area contributed by atoms with Crippen LogP contribution in [-0.2, 0) is 28.7 Å². The Morgan fingerprint density at radius 3 is 2.86 bits per heavy atom. The fourth-order valence-electron chi connectivity index (χ4n) is 7.57. The molecule has 2 aliphatic heterocycles. The van der Waals surface area contributed by atoms with Crippen molar-refractivity contribution in [2.75, 3.05) is 19.7 Å². The minimum atomic E-state index is -4.42. The van der Waals surface area contributed by atoms with E-state index in [9.17, 15) is 18.0 Å². The van der Waals surface area contributed by atoms with Crippen molar-refractivity contribution in [2.24, 2.45) is 11.3 Å². The first-order valence-corrected chi connectivity index (χ1v) is 13.5. The van der Waals surface area contributed by atoms with Crippen LogP contribution in [0.2, 0.25) is 0 Å². The Morgan fingerprint density at radius 1 is 1.29 bits per heavy atom. The van der Waals surface area contributed by atoms with Crippen molar-refractivity contribution in [3.8, 4) is 0 Å². The predicted molar refractivity (Wildman–Crippen MR) is 127 cm³/mol. The molecule has 1 amide bonds. The van der Waals surface area contributed by atoms with Gasteiger partial charge in [0, 0.05) is 50.0 Å². The molecule has 0 spiro atoms. The van der Waals surface area contributed by atoms with E-state index in [0.29, 0.717) is 42.2 Å². The number of hydrogen-bond donors (Lipinski definition) is 0. The molecular formula is C27H38F3N3O2. The fraction of sp³-hybridized carbons (Fsp3) is 0.778. The van der Waals surface area contributed by atoms with E-state index in [4.69, 9.17) is 4.74 Å². The molecule has 2 aliphatic carbocycles. The number of carbonyl (C=O) groups excluding carboxylic acids is 1. The van der Waals surface area contributed by atoms with Crippen LogP contribution in [0.1, 0.15) is 82.0 Å². The van der Waals surface area contributed by atoms with Crippen molar-refractivity contribution in [3.05, 3.63) is 29.1 Å². The first kappa shape index (κ1) is 25.0. The maximum Gasteiger partial charge on any atom is 0.417 e. The first-order valence-electron chi connectivity index (χ1n) is 13.5. The van der Waals surface area contributed by atoms with Crippen molar-refractivity contribution in [2.45, 2.75) is 103 Å². The molecule has 1 saturated heterocycles. The van der Waals surface area contributed by atoms with Gasteiger partial charge in [-0.1, -0.05) is 26.7 Å². The van der Waals surface area contributed by atoms with Gasteiger partial charge in [0.25, 0.3) is 0 Å². The molecule has 5 rings (SSSR count). The second-order valence-electron chi connectivity index (χ2n) is 11.1. The summed E-state index contributed by atoms with van der Waals surface area (Å²) < 4.78 is 45.9. The summed E-state index contributed by atoms with van der Waals surface area (Å²) in [5.74, 6) is 0.532. The number of amides is 1. The number of aromatic nitrogens is 1. The van der Waals surface area contributed by atoms with E-state index in [0.717, 1.165) is 70.7 Å². The van der Waals surface area contributed by atoms with Crippen LogP contribution in [-0.4, -0.2) is 58.6 Å². The number of rotatable bonds is 5. The number of carbonyl (C=O) groups is 1. The summed E-state index contributed by atoms with van der Waals surface area (Å²) in [6.07, 6.45) is 5.45. The third-order valence-electron chi connectivity index (χ3n) is 9.19. The SMILES string of the molecule is CCC[C@H]1[C@H](CC)OCCN1[C@H]1C[C@H]2CCC[C@@]2(C(=O)N2CCc3ncc(C(F)(F)F)cc3C2)C1. The molecule has 1 aromatic heterocycles. The maximum absolute atomic E-state index is 14.1. The average Bonchev–Trinajstić information content (AvgIpc) is 3.41. The highest BCUT2D eigenvalue weighted by atomic mass is 19.4. The number of ether oxygens (including phenoxy) is 1. The molecule has 35 heavy (non-hydrogen) atoms. The Balaban J connectivity index is 1.35. The third-order valence-corrected chi connectivity index (χ3v) is 9.19. The maximum atomic E-state index is 14.1. The highest BCUT2D eigenvalue weighted by Crippen LogP contribution is 2.57. The van der Waals surface area contributed by atoms with E-state index >= 15 is 0 Å². The van der Waals surface area contributed by atoms with Gasteiger partial charge < -0.3 is 9.64 Å². The van der Waals surface area contributed by atoms with Crippen LogP contribution in [0.4, 0.5) is 13.2 Å². The van der Waals surface area contributed by atoms with Gasteiger partial charge in [-0.25, -0.2) is 0 Å². The summed E-state index contributed by atoms with van der Waals surface area (Å²) >= 11 is 0. The zero-order chi connectivity index (χ0) is 24.8. The summed E-state index contributed by atoms with van der Waals surface area (Å²) in [4.78, 5) is 22.7. The molecule has 4 aliphatic rings. The molecule has 3 fully saturated rings. The molecule has 3 heterocycles. The molecule has 194 valence electrons. The Hall–Kier alpha value is -1.67. The normalized spacial score (nSPS) is 33.6. The second-order valence-corrected chi connectivity index (χ2v) is 11.1. The van der Waals surface area contributed by atoms with Crippen LogP contribution in [0.3, 0.4) is 0 Å². The lowest BCUT2D eigenvalue weighted by molar-refractivity contribution is -0.145. The number of nitrogens with zero attached hydrogens (tertiary/aromatic N) is 3. The van der Waals surface area contributed by atoms with Crippen LogP contribution >= 0.6 is 0 Å². The summed E-state index contributed by atoms with van der Waals surface area (Å²) in [5.41, 5.74) is 0.131. The monoisotopic (exact) mass is 493 g/mol. The molecule has 0 unspecified atom stereocenters. The zero-order valence-electron chi connectivity index (χ0n) is 20.9. The van der Waals surface area contributed by atoms with E-state index in [1.807, 2.05) is 4.90 Å². The number of hydrogen-bond acceptors (Lipinski definition) is 4. The van der Waals surface area contributed by atoms with Gasteiger partial charge in [0.1, 0.15) is 0 Å². The van der Waals surface area contributed by atoms with Crippen LogP contribution in [0, 0.1) is 11.3 Å². The Kier molecular flexibility index (Phi) is 6.90. The molecule has 0 radical (unpaired) electrons. The molecule has 5 atom stereocenters. The molecule has 0 aromatic carbocycles. The van der Waals surface area contributed by atoms with E-state index in [2.05, 4.69) is 23.7 Å². The molecule has 2 saturated carbocycles. The van der Waals surface area contributed by atoms with Gasteiger partial charge in [0.15, 0.2) is 0 Å². The molecular weight excluding hydrogens is 455 g/mol.